The number of amides is 1. The van der Waals surface area contributed by atoms with Crippen LogP contribution in [0, 0.1) is 6.92 Å². The van der Waals surface area contributed by atoms with Crippen molar-refractivity contribution in [2.75, 3.05) is 25.6 Å². The highest BCUT2D eigenvalue weighted by molar-refractivity contribution is 7.80. The smallest absolute Gasteiger partial charge is 0.248 e. The van der Waals surface area contributed by atoms with E-state index in [9.17, 15) is 4.79 Å². The second-order valence-corrected chi connectivity index (χ2v) is 9.40. The maximum atomic E-state index is 12.4. The zero-order valence-corrected chi connectivity index (χ0v) is 20.7. The second kappa shape index (κ2) is 11.5. The number of hydrogen-bond donors (Lipinski definition) is 2. The number of nitrogens with one attached hydrogen (secondary N) is 1. The van der Waals surface area contributed by atoms with E-state index >= 15 is 0 Å². The number of rotatable bonds is 7. The summed E-state index contributed by atoms with van der Waals surface area (Å²) in [4.78, 5) is 15.7. The fourth-order valence-electron chi connectivity index (χ4n) is 4.20. The van der Waals surface area contributed by atoms with Crippen molar-refractivity contribution in [3.05, 3.63) is 89.5 Å². The highest BCUT2D eigenvalue weighted by Gasteiger charge is 2.18. The van der Waals surface area contributed by atoms with Crippen molar-refractivity contribution in [1.82, 2.24) is 4.90 Å². The van der Waals surface area contributed by atoms with E-state index in [0.717, 1.165) is 59.9 Å². The Hall–Kier alpha value is -2.86. The van der Waals surface area contributed by atoms with E-state index in [0.29, 0.717) is 6.04 Å². The molecule has 0 aromatic heterocycles. The molecule has 1 fully saturated rings. The third kappa shape index (κ3) is 6.60. The molecule has 0 bridgehead atoms. The number of ether oxygens (including phenoxy) is 1. The van der Waals surface area contributed by atoms with Gasteiger partial charge in [-0.2, -0.15) is 0 Å². The molecule has 0 aliphatic carbocycles. The van der Waals surface area contributed by atoms with Gasteiger partial charge in [0.15, 0.2) is 0 Å². The van der Waals surface area contributed by atoms with Crippen LogP contribution in [0.1, 0.15) is 29.5 Å². The van der Waals surface area contributed by atoms with E-state index in [1.807, 2.05) is 24.3 Å². The molecule has 0 radical (unpaired) electrons. The molecule has 5 heteroatoms. The number of thiol groups is 1. The van der Waals surface area contributed by atoms with Crippen molar-refractivity contribution in [3.63, 3.8) is 0 Å². The van der Waals surface area contributed by atoms with Crippen molar-refractivity contribution in [2.45, 2.75) is 37.2 Å². The average molecular weight is 473 g/mol. The Morgan fingerprint density at radius 2 is 1.71 bits per heavy atom. The zero-order chi connectivity index (χ0) is 23.9. The lowest BCUT2D eigenvalue weighted by Gasteiger charge is -2.31. The first-order valence-corrected chi connectivity index (χ1v) is 12.2. The van der Waals surface area contributed by atoms with E-state index in [1.54, 1.807) is 12.2 Å². The maximum absolute atomic E-state index is 12.4. The van der Waals surface area contributed by atoms with Gasteiger partial charge in [0.25, 0.3) is 0 Å². The molecule has 1 heterocycles. The average Bonchev–Trinajstić information content (AvgIpc) is 2.85. The van der Waals surface area contributed by atoms with Gasteiger partial charge in [0.05, 0.1) is 0 Å². The molecule has 0 spiro atoms. The molecule has 4 nitrogen and oxygen atoms in total. The van der Waals surface area contributed by atoms with Crippen LogP contribution >= 0.6 is 12.6 Å². The van der Waals surface area contributed by atoms with Crippen LogP contribution in [0.15, 0.2) is 77.7 Å². The van der Waals surface area contributed by atoms with E-state index < -0.39 is 0 Å². The van der Waals surface area contributed by atoms with Crippen LogP contribution in [-0.4, -0.2) is 37.1 Å². The van der Waals surface area contributed by atoms with Gasteiger partial charge >= 0.3 is 0 Å². The maximum Gasteiger partial charge on any atom is 0.248 e. The van der Waals surface area contributed by atoms with Gasteiger partial charge in [-0.05, 0) is 73.3 Å². The van der Waals surface area contributed by atoms with Crippen LogP contribution in [0.25, 0.3) is 17.2 Å². The van der Waals surface area contributed by atoms with Crippen molar-refractivity contribution < 1.29 is 9.53 Å². The Labute approximate surface area is 208 Å². The van der Waals surface area contributed by atoms with Gasteiger partial charge in [-0.25, -0.2) is 0 Å². The Bertz CT molecular complexity index is 1130. The second-order valence-electron chi connectivity index (χ2n) is 8.92. The largest absolute Gasteiger partial charge is 0.381 e. The first-order chi connectivity index (χ1) is 16.5. The summed E-state index contributed by atoms with van der Waals surface area (Å²) >= 11 is 4.62. The minimum Gasteiger partial charge on any atom is -0.381 e. The highest BCUT2D eigenvalue weighted by Crippen LogP contribution is 2.26. The molecule has 3 aromatic rings. The fourth-order valence-corrected chi connectivity index (χ4v) is 4.48. The molecule has 1 aliphatic rings. The van der Waals surface area contributed by atoms with E-state index in [-0.39, 0.29) is 5.91 Å². The van der Waals surface area contributed by atoms with Crippen LogP contribution in [0.2, 0.25) is 0 Å². The lowest BCUT2D eigenvalue weighted by molar-refractivity contribution is -0.111. The molecule has 1 N–H and O–H groups in total. The number of aryl methyl sites for hydroxylation is 1. The molecule has 0 unspecified atom stereocenters. The van der Waals surface area contributed by atoms with Gasteiger partial charge in [-0.15, -0.1) is 12.6 Å². The molecule has 34 heavy (non-hydrogen) atoms. The van der Waals surface area contributed by atoms with Gasteiger partial charge < -0.3 is 10.1 Å². The molecule has 0 saturated carbocycles. The summed E-state index contributed by atoms with van der Waals surface area (Å²) in [6, 6.07) is 23.1. The minimum absolute atomic E-state index is 0.164. The van der Waals surface area contributed by atoms with Gasteiger partial charge in [0.1, 0.15) is 0 Å². The summed E-state index contributed by atoms with van der Waals surface area (Å²) in [5, 5.41) is 2.94. The molecule has 176 valence electrons. The van der Waals surface area contributed by atoms with Crippen LogP contribution in [0.4, 0.5) is 5.69 Å². The van der Waals surface area contributed by atoms with Gasteiger partial charge in [0, 0.05) is 42.5 Å². The van der Waals surface area contributed by atoms with E-state index in [4.69, 9.17) is 4.74 Å². The Morgan fingerprint density at radius 3 is 2.38 bits per heavy atom. The standard InChI is InChI=1S/C29H32N2O2S/c1-21-3-7-23(8-4-21)25-10-9-24(28(34)19-25)11-14-29(32)30-26-12-5-22(6-13-26)20-31(2)27-15-17-33-18-16-27/h3-14,19,27,34H,15-18,20H2,1-2H3,(H,30,32). The molecule has 1 saturated heterocycles. The molecular weight excluding hydrogens is 440 g/mol. The summed E-state index contributed by atoms with van der Waals surface area (Å²) in [5.74, 6) is -0.164. The predicted octanol–water partition coefficient (Wildman–Crippen LogP) is 6.21. The third-order valence-electron chi connectivity index (χ3n) is 6.30. The molecule has 4 rings (SSSR count). The minimum atomic E-state index is -0.164. The molecule has 3 aromatic carbocycles. The van der Waals surface area contributed by atoms with Crippen LogP contribution < -0.4 is 5.32 Å². The molecule has 1 aliphatic heterocycles. The highest BCUT2D eigenvalue weighted by atomic mass is 32.1. The zero-order valence-electron chi connectivity index (χ0n) is 19.8. The van der Waals surface area contributed by atoms with Gasteiger partial charge in [-0.3, -0.25) is 9.69 Å². The predicted molar refractivity (Wildman–Crippen MR) is 143 cm³/mol. The lowest BCUT2D eigenvalue weighted by Crippen LogP contribution is -2.36. The lowest BCUT2D eigenvalue weighted by atomic mass is 10.0. The summed E-state index contributed by atoms with van der Waals surface area (Å²) in [5.41, 5.74) is 6.41. The molecule has 0 atom stereocenters. The van der Waals surface area contributed by atoms with Crippen molar-refractivity contribution in [2.24, 2.45) is 0 Å². The number of benzene rings is 3. The van der Waals surface area contributed by atoms with Crippen LogP contribution in [0.5, 0.6) is 0 Å². The number of anilines is 1. The number of nitrogens with zero attached hydrogens (tertiary/aromatic N) is 1. The summed E-state index contributed by atoms with van der Waals surface area (Å²) in [6.45, 7) is 4.66. The summed E-state index contributed by atoms with van der Waals surface area (Å²) in [6.07, 6.45) is 5.51. The van der Waals surface area contributed by atoms with E-state index in [2.05, 4.69) is 79.3 Å². The Morgan fingerprint density at radius 1 is 1.03 bits per heavy atom. The van der Waals surface area contributed by atoms with Gasteiger partial charge in [0.2, 0.25) is 5.91 Å². The van der Waals surface area contributed by atoms with Crippen molar-refractivity contribution in [3.8, 4) is 11.1 Å². The third-order valence-corrected chi connectivity index (χ3v) is 6.68. The Balaban J connectivity index is 1.32. The van der Waals surface area contributed by atoms with Crippen LogP contribution in [-0.2, 0) is 16.1 Å². The first kappa shape index (κ1) is 24.3. The molecule has 1 amide bonds. The summed E-state index contributed by atoms with van der Waals surface area (Å²) < 4.78 is 5.46. The number of carbonyl (C=O) groups is 1. The molecular formula is C29H32N2O2S. The van der Waals surface area contributed by atoms with Gasteiger partial charge in [-0.1, -0.05) is 54.1 Å². The quantitative estimate of drug-likeness (QED) is 0.317. The van der Waals surface area contributed by atoms with Crippen LogP contribution in [0.3, 0.4) is 0 Å². The Kier molecular flexibility index (Phi) is 8.22. The SMILES string of the molecule is Cc1ccc(-c2ccc(C=CC(=O)Nc3ccc(CN(C)C4CCOCC4)cc3)c(S)c2)cc1. The number of carbonyl (C=O) groups excluding carboxylic acids is 1. The van der Waals surface area contributed by atoms with Crippen molar-refractivity contribution in [1.29, 1.82) is 0 Å². The summed E-state index contributed by atoms with van der Waals surface area (Å²) in [7, 11) is 2.17. The topological polar surface area (TPSA) is 41.6 Å². The first-order valence-electron chi connectivity index (χ1n) is 11.7. The fraction of sp³-hybridized carbons (Fsp3) is 0.276. The number of hydrogen-bond acceptors (Lipinski definition) is 4. The normalized spacial score (nSPS) is 14.6. The van der Waals surface area contributed by atoms with Crippen molar-refractivity contribution >= 4 is 30.3 Å². The van der Waals surface area contributed by atoms with E-state index in [1.165, 1.54) is 11.1 Å². The monoisotopic (exact) mass is 472 g/mol.